The van der Waals surface area contributed by atoms with Crippen molar-refractivity contribution in [1.29, 1.82) is 0 Å². The number of benzene rings is 1. The van der Waals surface area contributed by atoms with Gasteiger partial charge in [-0.3, -0.25) is 0 Å². The third-order valence-electron chi connectivity index (χ3n) is 2.79. The Balaban J connectivity index is 2.37. The first-order valence-corrected chi connectivity index (χ1v) is 6.06. The van der Waals surface area contributed by atoms with Gasteiger partial charge in [0.25, 0.3) is 0 Å². The smallest absolute Gasteiger partial charge is 0.0371 e. The van der Waals surface area contributed by atoms with Gasteiger partial charge in [-0.2, -0.15) is 0 Å². The molecular formula is C14H23N. The van der Waals surface area contributed by atoms with Crippen LogP contribution in [0.25, 0.3) is 0 Å². The van der Waals surface area contributed by atoms with Crippen molar-refractivity contribution in [2.24, 2.45) is 0 Å². The number of hydrogen-bond acceptors (Lipinski definition) is 1. The molecule has 84 valence electrons. The van der Waals surface area contributed by atoms with Crippen LogP contribution in [0, 0.1) is 6.92 Å². The van der Waals surface area contributed by atoms with E-state index in [1.807, 2.05) is 0 Å². The first-order valence-electron chi connectivity index (χ1n) is 6.06. The summed E-state index contributed by atoms with van der Waals surface area (Å²) >= 11 is 0. The molecule has 0 radical (unpaired) electrons. The first kappa shape index (κ1) is 12.1. The van der Waals surface area contributed by atoms with E-state index in [9.17, 15) is 0 Å². The van der Waals surface area contributed by atoms with Crippen LogP contribution in [0.5, 0.6) is 0 Å². The van der Waals surface area contributed by atoms with Gasteiger partial charge >= 0.3 is 0 Å². The van der Waals surface area contributed by atoms with E-state index >= 15 is 0 Å². The van der Waals surface area contributed by atoms with Gasteiger partial charge in [-0.25, -0.2) is 0 Å². The lowest BCUT2D eigenvalue weighted by atomic mass is 10.1. The van der Waals surface area contributed by atoms with Gasteiger partial charge < -0.3 is 5.32 Å². The second-order valence-corrected chi connectivity index (χ2v) is 4.36. The minimum atomic E-state index is 0.581. The van der Waals surface area contributed by atoms with E-state index in [4.69, 9.17) is 0 Å². The van der Waals surface area contributed by atoms with Gasteiger partial charge in [0.1, 0.15) is 0 Å². The normalized spacial score (nSPS) is 12.5. The Kier molecular flexibility index (Phi) is 5.23. The largest absolute Gasteiger partial charge is 0.382 e. The zero-order chi connectivity index (χ0) is 11.1. The minimum absolute atomic E-state index is 0.581. The number of nitrogens with one attached hydrogen (secondary N) is 1. The molecule has 0 aromatic heterocycles. The number of aryl methyl sites for hydroxylation is 1. The first-order chi connectivity index (χ1) is 7.24. The Hall–Kier alpha value is -0.980. The highest BCUT2D eigenvalue weighted by molar-refractivity contribution is 5.50. The zero-order valence-corrected chi connectivity index (χ0v) is 10.2. The summed E-state index contributed by atoms with van der Waals surface area (Å²) in [6.45, 7) is 6.67. The standard InChI is InChI=1S/C14H23N/c1-4-5-6-10-13(3)15-14-11-8-7-9-12(14)2/h7-9,11,13,15H,4-6,10H2,1-3H3. The maximum absolute atomic E-state index is 3.57. The summed E-state index contributed by atoms with van der Waals surface area (Å²) in [7, 11) is 0. The molecule has 1 heteroatoms. The molecule has 0 spiro atoms. The van der Waals surface area contributed by atoms with Gasteiger partial charge in [-0.1, -0.05) is 44.4 Å². The quantitative estimate of drug-likeness (QED) is 0.680. The molecule has 0 saturated heterocycles. The summed E-state index contributed by atoms with van der Waals surface area (Å²) in [5.41, 5.74) is 2.61. The van der Waals surface area contributed by atoms with Gasteiger partial charge in [-0.05, 0) is 31.9 Å². The van der Waals surface area contributed by atoms with Crippen molar-refractivity contribution >= 4 is 5.69 Å². The summed E-state index contributed by atoms with van der Waals surface area (Å²) < 4.78 is 0. The van der Waals surface area contributed by atoms with Gasteiger partial charge in [0.05, 0.1) is 0 Å². The molecule has 1 nitrogen and oxygen atoms in total. The minimum Gasteiger partial charge on any atom is -0.382 e. The molecule has 1 rings (SSSR count). The molecule has 1 unspecified atom stereocenters. The van der Waals surface area contributed by atoms with Gasteiger partial charge in [-0.15, -0.1) is 0 Å². The molecule has 0 fully saturated rings. The molecule has 0 aliphatic rings. The topological polar surface area (TPSA) is 12.0 Å². The lowest BCUT2D eigenvalue weighted by molar-refractivity contribution is 0.615. The Bertz CT molecular complexity index is 280. The molecule has 1 aromatic carbocycles. The van der Waals surface area contributed by atoms with Crippen molar-refractivity contribution in [1.82, 2.24) is 0 Å². The Morgan fingerprint density at radius 3 is 2.60 bits per heavy atom. The van der Waals surface area contributed by atoms with Gasteiger partial charge in [0.2, 0.25) is 0 Å². The Morgan fingerprint density at radius 2 is 1.93 bits per heavy atom. The average Bonchev–Trinajstić information content (AvgIpc) is 2.22. The van der Waals surface area contributed by atoms with Crippen molar-refractivity contribution in [3.05, 3.63) is 29.8 Å². The molecule has 1 N–H and O–H groups in total. The highest BCUT2D eigenvalue weighted by atomic mass is 14.9. The molecule has 0 saturated carbocycles. The fraction of sp³-hybridized carbons (Fsp3) is 0.571. The van der Waals surface area contributed by atoms with Crippen LogP contribution >= 0.6 is 0 Å². The number of anilines is 1. The van der Waals surface area contributed by atoms with Crippen LogP contribution < -0.4 is 5.32 Å². The predicted octanol–water partition coefficient (Wildman–Crippen LogP) is 4.38. The third kappa shape index (κ3) is 4.37. The van der Waals surface area contributed by atoms with Crippen LogP contribution in [0.15, 0.2) is 24.3 Å². The molecule has 0 amide bonds. The maximum Gasteiger partial charge on any atom is 0.0371 e. The molecule has 0 aliphatic carbocycles. The molecule has 1 aromatic rings. The van der Waals surface area contributed by atoms with Crippen LogP contribution in [0.3, 0.4) is 0 Å². The van der Waals surface area contributed by atoms with Crippen molar-refractivity contribution < 1.29 is 0 Å². The molecule has 1 atom stereocenters. The summed E-state index contributed by atoms with van der Waals surface area (Å²) in [6.07, 6.45) is 5.25. The third-order valence-corrected chi connectivity index (χ3v) is 2.79. The van der Waals surface area contributed by atoms with Gasteiger partial charge in [0.15, 0.2) is 0 Å². The predicted molar refractivity (Wildman–Crippen MR) is 68.4 cm³/mol. The Morgan fingerprint density at radius 1 is 1.20 bits per heavy atom. The molecule has 0 heterocycles. The van der Waals surface area contributed by atoms with Crippen LogP contribution in [-0.2, 0) is 0 Å². The van der Waals surface area contributed by atoms with Crippen molar-refractivity contribution in [3.63, 3.8) is 0 Å². The summed E-state index contributed by atoms with van der Waals surface area (Å²) in [4.78, 5) is 0. The van der Waals surface area contributed by atoms with Gasteiger partial charge in [0, 0.05) is 11.7 Å². The summed E-state index contributed by atoms with van der Waals surface area (Å²) in [6, 6.07) is 9.07. The van der Waals surface area contributed by atoms with Crippen LogP contribution in [-0.4, -0.2) is 6.04 Å². The monoisotopic (exact) mass is 205 g/mol. The van der Waals surface area contributed by atoms with E-state index in [-0.39, 0.29) is 0 Å². The summed E-state index contributed by atoms with van der Waals surface area (Å²) in [5.74, 6) is 0. The van der Waals surface area contributed by atoms with Crippen molar-refractivity contribution in [2.75, 3.05) is 5.32 Å². The maximum atomic E-state index is 3.57. The molecule has 15 heavy (non-hydrogen) atoms. The SMILES string of the molecule is CCCCCC(C)Nc1ccccc1C. The van der Waals surface area contributed by atoms with Crippen molar-refractivity contribution in [2.45, 2.75) is 52.5 Å². The highest BCUT2D eigenvalue weighted by Gasteiger charge is 2.02. The van der Waals surface area contributed by atoms with E-state index in [1.54, 1.807) is 0 Å². The number of hydrogen-bond donors (Lipinski definition) is 1. The van der Waals surface area contributed by atoms with E-state index in [0.717, 1.165) is 0 Å². The number of unbranched alkanes of at least 4 members (excludes halogenated alkanes) is 2. The average molecular weight is 205 g/mol. The fourth-order valence-electron chi connectivity index (χ4n) is 1.77. The lowest BCUT2D eigenvalue weighted by Crippen LogP contribution is -2.15. The molecule has 0 bridgehead atoms. The lowest BCUT2D eigenvalue weighted by Gasteiger charge is -2.16. The Labute approximate surface area is 93.9 Å². The number of para-hydroxylation sites is 1. The van der Waals surface area contributed by atoms with E-state index in [2.05, 4.69) is 50.4 Å². The highest BCUT2D eigenvalue weighted by Crippen LogP contribution is 2.16. The van der Waals surface area contributed by atoms with Crippen LogP contribution in [0.4, 0.5) is 5.69 Å². The molecule has 0 aliphatic heterocycles. The second kappa shape index (κ2) is 6.49. The van der Waals surface area contributed by atoms with Crippen molar-refractivity contribution in [3.8, 4) is 0 Å². The van der Waals surface area contributed by atoms with Crippen LogP contribution in [0.1, 0.15) is 45.1 Å². The second-order valence-electron chi connectivity index (χ2n) is 4.36. The van der Waals surface area contributed by atoms with E-state index < -0.39 is 0 Å². The van der Waals surface area contributed by atoms with E-state index in [1.165, 1.54) is 36.9 Å². The van der Waals surface area contributed by atoms with Crippen LogP contribution in [0.2, 0.25) is 0 Å². The zero-order valence-electron chi connectivity index (χ0n) is 10.2. The fourth-order valence-corrected chi connectivity index (χ4v) is 1.77. The molecular weight excluding hydrogens is 182 g/mol. The van der Waals surface area contributed by atoms with E-state index in [0.29, 0.717) is 6.04 Å². The number of rotatable bonds is 6. The summed E-state index contributed by atoms with van der Waals surface area (Å²) in [5, 5.41) is 3.57.